The van der Waals surface area contributed by atoms with Crippen molar-refractivity contribution in [2.75, 3.05) is 18.0 Å². The Morgan fingerprint density at radius 3 is 2.76 bits per heavy atom. The highest BCUT2D eigenvalue weighted by Crippen LogP contribution is 2.24. The molecule has 0 unspecified atom stereocenters. The zero-order valence-corrected chi connectivity index (χ0v) is 12.9. The molecule has 0 radical (unpaired) electrons. The third-order valence-electron chi connectivity index (χ3n) is 3.85. The fourth-order valence-electron chi connectivity index (χ4n) is 2.41. The summed E-state index contributed by atoms with van der Waals surface area (Å²) in [6.45, 7) is 7.33. The highest BCUT2D eigenvalue weighted by Gasteiger charge is 2.33. The van der Waals surface area contributed by atoms with Gasteiger partial charge in [0.25, 0.3) is 0 Å². The Bertz CT molecular complexity index is 542. The second-order valence-electron chi connectivity index (χ2n) is 5.50. The smallest absolute Gasteiger partial charge is 0.315 e. The van der Waals surface area contributed by atoms with Crippen LogP contribution < -0.4 is 15.5 Å². The van der Waals surface area contributed by atoms with Gasteiger partial charge in [0.05, 0.1) is 0 Å². The summed E-state index contributed by atoms with van der Waals surface area (Å²) in [7, 11) is 0. The number of aryl methyl sites for hydroxylation is 2. The standard InChI is InChI=1S/C16H23N3O2/c1-4-8-17-16(21)18-14-7-9-19(15(14)20)13-6-5-11(2)12(3)10-13/h5-6,10,14H,4,7-9H2,1-3H3,(H2,17,18,21)/t14-/m1/s1. The number of benzene rings is 1. The summed E-state index contributed by atoms with van der Waals surface area (Å²) in [6, 6.07) is 5.31. The quantitative estimate of drug-likeness (QED) is 0.892. The molecular weight excluding hydrogens is 266 g/mol. The molecular formula is C16H23N3O2. The van der Waals surface area contributed by atoms with Gasteiger partial charge in [-0.05, 0) is 49.9 Å². The van der Waals surface area contributed by atoms with Crippen LogP contribution in [0.1, 0.15) is 30.9 Å². The lowest BCUT2D eigenvalue weighted by Crippen LogP contribution is -2.46. The van der Waals surface area contributed by atoms with Crippen LogP contribution in [0.2, 0.25) is 0 Å². The number of nitrogens with zero attached hydrogens (tertiary/aromatic N) is 1. The maximum absolute atomic E-state index is 12.4. The van der Waals surface area contributed by atoms with E-state index < -0.39 is 6.04 Å². The fraction of sp³-hybridized carbons (Fsp3) is 0.500. The van der Waals surface area contributed by atoms with Crippen LogP contribution in [0.15, 0.2) is 18.2 Å². The van der Waals surface area contributed by atoms with Crippen LogP contribution in [0.5, 0.6) is 0 Å². The first-order valence-corrected chi connectivity index (χ1v) is 7.46. The molecule has 3 amide bonds. The average Bonchev–Trinajstić information content (AvgIpc) is 2.81. The summed E-state index contributed by atoms with van der Waals surface area (Å²) in [4.78, 5) is 25.8. The molecule has 1 aliphatic rings. The Kier molecular flexibility index (Phi) is 4.83. The number of nitrogens with one attached hydrogen (secondary N) is 2. The number of hydrogen-bond acceptors (Lipinski definition) is 2. The Balaban J connectivity index is 2.00. The Morgan fingerprint density at radius 1 is 1.33 bits per heavy atom. The molecule has 1 heterocycles. The first-order valence-electron chi connectivity index (χ1n) is 7.46. The monoisotopic (exact) mass is 289 g/mol. The number of amides is 3. The highest BCUT2D eigenvalue weighted by atomic mass is 16.2. The lowest BCUT2D eigenvalue weighted by molar-refractivity contribution is -0.118. The van der Waals surface area contributed by atoms with Crippen molar-refractivity contribution >= 4 is 17.6 Å². The summed E-state index contributed by atoms with van der Waals surface area (Å²) in [5.41, 5.74) is 3.28. The summed E-state index contributed by atoms with van der Waals surface area (Å²) in [5, 5.41) is 5.48. The maximum atomic E-state index is 12.4. The second kappa shape index (κ2) is 6.61. The molecule has 1 saturated heterocycles. The maximum Gasteiger partial charge on any atom is 0.315 e. The SMILES string of the molecule is CCCNC(=O)N[C@@H]1CCN(c2ccc(C)c(C)c2)C1=O. The molecule has 5 nitrogen and oxygen atoms in total. The van der Waals surface area contributed by atoms with E-state index in [0.29, 0.717) is 19.5 Å². The molecule has 21 heavy (non-hydrogen) atoms. The van der Waals surface area contributed by atoms with E-state index in [1.165, 1.54) is 5.56 Å². The molecule has 0 aromatic heterocycles. The number of anilines is 1. The van der Waals surface area contributed by atoms with E-state index in [4.69, 9.17) is 0 Å². The predicted octanol–water partition coefficient (Wildman–Crippen LogP) is 2.12. The van der Waals surface area contributed by atoms with E-state index in [1.807, 2.05) is 39.0 Å². The van der Waals surface area contributed by atoms with Crippen LogP contribution in [0.3, 0.4) is 0 Å². The van der Waals surface area contributed by atoms with Crippen LogP contribution in [0.4, 0.5) is 10.5 Å². The van der Waals surface area contributed by atoms with Crippen molar-refractivity contribution in [3.8, 4) is 0 Å². The molecule has 5 heteroatoms. The van der Waals surface area contributed by atoms with Crippen LogP contribution in [-0.4, -0.2) is 31.1 Å². The molecule has 1 fully saturated rings. The van der Waals surface area contributed by atoms with Crippen molar-refractivity contribution < 1.29 is 9.59 Å². The van der Waals surface area contributed by atoms with Gasteiger partial charge in [-0.2, -0.15) is 0 Å². The van der Waals surface area contributed by atoms with Crippen molar-refractivity contribution in [2.45, 2.75) is 39.7 Å². The minimum absolute atomic E-state index is 0.0371. The summed E-state index contributed by atoms with van der Waals surface area (Å²) in [6.07, 6.45) is 1.52. The highest BCUT2D eigenvalue weighted by molar-refractivity contribution is 6.01. The Labute approximate surface area is 125 Å². The summed E-state index contributed by atoms with van der Waals surface area (Å²) < 4.78 is 0. The molecule has 0 saturated carbocycles. The predicted molar refractivity (Wildman–Crippen MR) is 83.5 cm³/mol. The van der Waals surface area contributed by atoms with Crippen molar-refractivity contribution in [2.24, 2.45) is 0 Å². The normalized spacial score (nSPS) is 18.0. The minimum Gasteiger partial charge on any atom is -0.338 e. The van der Waals surface area contributed by atoms with Gasteiger partial charge in [-0.25, -0.2) is 4.79 Å². The van der Waals surface area contributed by atoms with Crippen LogP contribution in [0, 0.1) is 13.8 Å². The largest absolute Gasteiger partial charge is 0.338 e. The molecule has 2 rings (SSSR count). The molecule has 0 aliphatic carbocycles. The van der Waals surface area contributed by atoms with Gasteiger partial charge >= 0.3 is 6.03 Å². The van der Waals surface area contributed by atoms with Crippen LogP contribution in [-0.2, 0) is 4.79 Å². The molecule has 0 spiro atoms. The van der Waals surface area contributed by atoms with E-state index in [-0.39, 0.29) is 11.9 Å². The van der Waals surface area contributed by atoms with Crippen molar-refractivity contribution in [3.63, 3.8) is 0 Å². The molecule has 1 aromatic carbocycles. The molecule has 114 valence electrons. The molecule has 2 N–H and O–H groups in total. The third-order valence-corrected chi connectivity index (χ3v) is 3.85. The number of hydrogen-bond donors (Lipinski definition) is 2. The summed E-state index contributed by atoms with van der Waals surface area (Å²) >= 11 is 0. The van der Waals surface area contributed by atoms with Gasteiger partial charge in [-0.15, -0.1) is 0 Å². The number of urea groups is 1. The van der Waals surface area contributed by atoms with Gasteiger partial charge in [0.15, 0.2) is 0 Å². The van der Waals surface area contributed by atoms with Gasteiger partial charge in [-0.3, -0.25) is 4.79 Å². The van der Waals surface area contributed by atoms with Crippen molar-refractivity contribution in [1.29, 1.82) is 0 Å². The van der Waals surface area contributed by atoms with Crippen LogP contribution in [0.25, 0.3) is 0 Å². The van der Waals surface area contributed by atoms with E-state index in [0.717, 1.165) is 17.7 Å². The van der Waals surface area contributed by atoms with E-state index in [2.05, 4.69) is 10.6 Å². The van der Waals surface area contributed by atoms with E-state index in [9.17, 15) is 9.59 Å². The lowest BCUT2D eigenvalue weighted by Gasteiger charge is -2.18. The van der Waals surface area contributed by atoms with E-state index >= 15 is 0 Å². The van der Waals surface area contributed by atoms with Gasteiger partial charge in [-0.1, -0.05) is 13.0 Å². The Hall–Kier alpha value is -2.04. The number of carbonyl (C=O) groups is 2. The first kappa shape index (κ1) is 15.4. The molecule has 1 aliphatic heterocycles. The van der Waals surface area contributed by atoms with Gasteiger partial charge in [0, 0.05) is 18.8 Å². The summed E-state index contributed by atoms with van der Waals surface area (Å²) in [5.74, 6) is -0.0371. The van der Waals surface area contributed by atoms with E-state index in [1.54, 1.807) is 4.90 Å². The average molecular weight is 289 g/mol. The Morgan fingerprint density at radius 2 is 2.10 bits per heavy atom. The number of carbonyl (C=O) groups excluding carboxylic acids is 2. The topological polar surface area (TPSA) is 61.4 Å². The van der Waals surface area contributed by atoms with Gasteiger partial charge in [0.2, 0.25) is 5.91 Å². The second-order valence-corrected chi connectivity index (χ2v) is 5.50. The molecule has 0 bridgehead atoms. The van der Waals surface area contributed by atoms with Crippen molar-refractivity contribution in [3.05, 3.63) is 29.3 Å². The number of rotatable bonds is 4. The zero-order chi connectivity index (χ0) is 15.4. The van der Waals surface area contributed by atoms with Crippen LogP contribution >= 0.6 is 0 Å². The first-order chi connectivity index (χ1) is 10.0. The van der Waals surface area contributed by atoms with Gasteiger partial charge in [0.1, 0.15) is 6.04 Å². The van der Waals surface area contributed by atoms with Gasteiger partial charge < -0.3 is 15.5 Å². The van der Waals surface area contributed by atoms with Crippen molar-refractivity contribution in [1.82, 2.24) is 10.6 Å². The molecule has 1 atom stereocenters. The lowest BCUT2D eigenvalue weighted by atomic mass is 10.1. The minimum atomic E-state index is -0.427. The zero-order valence-electron chi connectivity index (χ0n) is 12.9. The third kappa shape index (κ3) is 3.54. The molecule has 1 aromatic rings. The fourth-order valence-corrected chi connectivity index (χ4v) is 2.41.